The van der Waals surface area contributed by atoms with Crippen LogP contribution in [0.15, 0.2) is 18.2 Å². The van der Waals surface area contributed by atoms with Crippen molar-refractivity contribution in [2.24, 2.45) is 5.92 Å². The van der Waals surface area contributed by atoms with Crippen LogP contribution in [-0.4, -0.2) is 21.7 Å². The van der Waals surface area contributed by atoms with E-state index in [1.165, 1.54) is 12.1 Å². The maximum atomic E-state index is 11.9. The van der Waals surface area contributed by atoms with E-state index in [9.17, 15) is 24.8 Å². The van der Waals surface area contributed by atoms with Gasteiger partial charge >= 0.3 is 0 Å². The number of nitro groups is 1. The van der Waals surface area contributed by atoms with Crippen LogP contribution < -0.4 is 5.32 Å². The van der Waals surface area contributed by atoms with Crippen LogP contribution in [-0.2, 0) is 15.2 Å². The third-order valence-electron chi connectivity index (χ3n) is 3.36. The highest BCUT2D eigenvalue weighted by Crippen LogP contribution is 2.40. The van der Waals surface area contributed by atoms with E-state index in [1.807, 2.05) is 0 Å². The van der Waals surface area contributed by atoms with Gasteiger partial charge in [-0.3, -0.25) is 19.7 Å². The quantitative estimate of drug-likeness (QED) is 0.638. The number of nitrogens with zero attached hydrogens (tertiary/aromatic N) is 1. The van der Waals surface area contributed by atoms with Gasteiger partial charge in [0, 0.05) is 35.7 Å². The molecule has 2 N–H and O–H groups in total. The fourth-order valence-corrected chi connectivity index (χ4v) is 2.08. The molecule has 1 aromatic carbocycles. The summed E-state index contributed by atoms with van der Waals surface area (Å²) in [4.78, 5) is 33.9. The summed E-state index contributed by atoms with van der Waals surface area (Å²) in [6.45, 7) is 3.32. The van der Waals surface area contributed by atoms with Crippen LogP contribution in [0.5, 0.6) is 0 Å². The van der Waals surface area contributed by atoms with Crippen molar-refractivity contribution in [2.45, 2.75) is 25.9 Å². The molecule has 2 rings (SSSR count). The molecule has 0 aliphatic carbocycles. The van der Waals surface area contributed by atoms with Crippen LogP contribution in [0.4, 0.5) is 11.4 Å². The van der Waals surface area contributed by atoms with E-state index < -0.39 is 22.9 Å². The van der Waals surface area contributed by atoms with Gasteiger partial charge in [0.15, 0.2) is 5.60 Å². The average Bonchev–Trinajstić information content (AvgIpc) is 2.61. The Morgan fingerprint density at radius 3 is 2.70 bits per heavy atom. The minimum atomic E-state index is -2.04. The number of fused-ring (bicyclic) bond motifs is 1. The second-order valence-electron chi connectivity index (χ2n) is 5.10. The zero-order valence-electron chi connectivity index (χ0n) is 11.0. The van der Waals surface area contributed by atoms with E-state index in [2.05, 4.69) is 5.32 Å². The number of hydrogen-bond donors (Lipinski definition) is 2. The molecule has 0 aromatic heterocycles. The van der Waals surface area contributed by atoms with Crippen molar-refractivity contribution in [3.05, 3.63) is 33.9 Å². The lowest BCUT2D eigenvalue weighted by Crippen LogP contribution is -2.37. The van der Waals surface area contributed by atoms with Crippen LogP contribution in [0.2, 0.25) is 0 Å². The number of carbonyl (C=O) groups is 2. The first kappa shape index (κ1) is 14.1. The van der Waals surface area contributed by atoms with E-state index >= 15 is 0 Å². The molecule has 0 spiro atoms. The van der Waals surface area contributed by atoms with Gasteiger partial charge in [-0.2, -0.15) is 0 Å². The highest BCUT2D eigenvalue weighted by molar-refractivity contribution is 6.07. The topological polar surface area (TPSA) is 110 Å². The molecule has 1 heterocycles. The van der Waals surface area contributed by atoms with Crippen LogP contribution in [0.3, 0.4) is 0 Å². The van der Waals surface area contributed by atoms with Crippen LogP contribution in [0, 0.1) is 16.0 Å². The van der Waals surface area contributed by atoms with Gasteiger partial charge in [-0.05, 0) is 6.07 Å². The smallest absolute Gasteiger partial charge is 0.269 e. The molecule has 1 aliphatic rings. The standard InChI is InChI=1S/C13H14N2O5/c1-7(2)11(16)6-13(18)9-5-8(15(19)20)3-4-10(9)14-12(13)17/h3-5,7,18H,6H2,1-2H3,(H,14,17)/t13-/m1/s1. The largest absolute Gasteiger partial charge is 0.375 e. The number of aliphatic hydroxyl groups is 1. The first-order valence-corrected chi connectivity index (χ1v) is 6.11. The van der Waals surface area contributed by atoms with E-state index in [0.29, 0.717) is 5.69 Å². The summed E-state index contributed by atoms with van der Waals surface area (Å²) in [5.41, 5.74) is -1.91. The zero-order chi connectivity index (χ0) is 15.1. The van der Waals surface area contributed by atoms with E-state index in [4.69, 9.17) is 0 Å². The third-order valence-corrected chi connectivity index (χ3v) is 3.36. The molecular weight excluding hydrogens is 264 g/mol. The highest BCUT2D eigenvalue weighted by Gasteiger charge is 2.47. The van der Waals surface area contributed by atoms with Gasteiger partial charge < -0.3 is 10.4 Å². The van der Waals surface area contributed by atoms with Crippen molar-refractivity contribution >= 4 is 23.1 Å². The molecule has 0 radical (unpaired) electrons. The summed E-state index contributed by atoms with van der Waals surface area (Å²) in [6.07, 6.45) is -0.398. The number of benzene rings is 1. The van der Waals surface area contributed by atoms with Gasteiger partial charge in [-0.25, -0.2) is 0 Å². The summed E-state index contributed by atoms with van der Waals surface area (Å²) in [7, 11) is 0. The van der Waals surface area contributed by atoms with Gasteiger partial charge in [0.05, 0.1) is 4.92 Å². The summed E-state index contributed by atoms with van der Waals surface area (Å²) >= 11 is 0. The minimum absolute atomic E-state index is 0.0747. The molecule has 0 fully saturated rings. The number of rotatable bonds is 4. The maximum absolute atomic E-state index is 11.9. The number of hydrogen-bond acceptors (Lipinski definition) is 5. The first-order chi connectivity index (χ1) is 9.25. The SMILES string of the molecule is CC(C)C(=O)C[C@]1(O)C(=O)Nc2ccc([N+](=O)[O-])cc21. The number of ketones is 1. The van der Waals surface area contributed by atoms with Gasteiger partial charge in [-0.15, -0.1) is 0 Å². The lowest BCUT2D eigenvalue weighted by molar-refractivity contribution is -0.385. The second kappa shape index (κ2) is 4.68. The predicted octanol–water partition coefficient (Wildman–Crippen LogP) is 1.35. The minimum Gasteiger partial charge on any atom is -0.375 e. The van der Waals surface area contributed by atoms with E-state index in [1.54, 1.807) is 13.8 Å². The Labute approximate surface area is 114 Å². The molecule has 0 saturated carbocycles. The number of Topliss-reactive ketones (excluding diaryl/α,β-unsaturated/α-hetero) is 1. The molecule has 7 nitrogen and oxygen atoms in total. The van der Waals surface area contributed by atoms with Crippen molar-refractivity contribution in [1.29, 1.82) is 0 Å². The molecule has 7 heteroatoms. The molecule has 1 atom stereocenters. The molecular formula is C13H14N2O5. The molecule has 20 heavy (non-hydrogen) atoms. The Morgan fingerprint density at radius 2 is 2.15 bits per heavy atom. The van der Waals surface area contributed by atoms with Gasteiger partial charge in [-0.1, -0.05) is 13.8 Å². The van der Waals surface area contributed by atoms with Crippen LogP contribution >= 0.6 is 0 Å². The lowest BCUT2D eigenvalue weighted by atomic mass is 9.87. The van der Waals surface area contributed by atoms with Gasteiger partial charge in [0.25, 0.3) is 11.6 Å². The van der Waals surface area contributed by atoms with Crippen LogP contribution in [0.1, 0.15) is 25.8 Å². The second-order valence-corrected chi connectivity index (χ2v) is 5.10. The number of nitrogens with one attached hydrogen (secondary N) is 1. The van der Waals surface area contributed by atoms with E-state index in [0.717, 1.165) is 6.07 Å². The maximum Gasteiger partial charge on any atom is 0.269 e. The Morgan fingerprint density at radius 1 is 1.50 bits per heavy atom. The van der Waals surface area contributed by atoms with Crippen molar-refractivity contribution in [1.82, 2.24) is 0 Å². The highest BCUT2D eigenvalue weighted by atomic mass is 16.6. The summed E-state index contributed by atoms with van der Waals surface area (Å²) in [6, 6.07) is 3.71. The Kier molecular flexibility index (Phi) is 3.31. The Hall–Kier alpha value is -2.28. The molecule has 0 bridgehead atoms. The molecule has 1 amide bonds. The Balaban J connectivity index is 2.47. The first-order valence-electron chi connectivity index (χ1n) is 6.11. The average molecular weight is 278 g/mol. The van der Waals surface area contributed by atoms with E-state index in [-0.39, 0.29) is 23.0 Å². The monoisotopic (exact) mass is 278 g/mol. The number of anilines is 1. The summed E-state index contributed by atoms with van der Waals surface area (Å²) < 4.78 is 0. The summed E-state index contributed by atoms with van der Waals surface area (Å²) in [5, 5.41) is 23.7. The lowest BCUT2D eigenvalue weighted by Gasteiger charge is -2.20. The number of non-ortho nitro benzene ring substituents is 1. The number of amides is 1. The fourth-order valence-electron chi connectivity index (χ4n) is 2.08. The molecule has 1 aliphatic heterocycles. The molecule has 106 valence electrons. The predicted molar refractivity (Wildman–Crippen MR) is 70.1 cm³/mol. The number of nitro benzene ring substituents is 1. The molecule has 0 unspecified atom stereocenters. The molecule has 1 aromatic rings. The van der Waals surface area contributed by atoms with Crippen molar-refractivity contribution in [2.75, 3.05) is 5.32 Å². The fraction of sp³-hybridized carbons (Fsp3) is 0.385. The Bertz CT molecular complexity index is 611. The van der Waals surface area contributed by atoms with Crippen LogP contribution in [0.25, 0.3) is 0 Å². The number of carbonyl (C=O) groups excluding carboxylic acids is 2. The molecule has 0 saturated heterocycles. The van der Waals surface area contributed by atoms with Gasteiger partial charge in [0.1, 0.15) is 5.78 Å². The normalized spacial score (nSPS) is 20.7. The van der Waals surface area contributed by atoms with Crippen molar-refractivity contribution in [3.8, 4) is 0 Å². The van der Waals surface area contributed by atoms with Crippen molar-refractivity contribution < 1.29 is 19.6 Å². The van der Waals surface area contributed by atoms with Crippen molar-refractivity contribution in [3.63, 3.8) is 0 Å². The summed E-state index contributed by atoms with van der Waals surface area (Å²) in [5.74, 6) is -1.36. The third kappa shape index (κ3) is 2.16. The van der Waals surface area contributed by atoms with Gasteiger partial charge in [0.2, 0.25) is 0 Å². The zero-order valence-corrected chi connectivity index (χ0v) is 11.0.